The standard InChI is InChI=1S/C18H23BrN2O3/c1-16(2)17(3)9-10-18(16,14(17)19)15(23)21-20-13(22)11-7-5-6-8-12(11)24-4/h5-8,14H,9-10H2,1-4H3,(H,20,22)(H,21,23). The largest absolute Gasteiger partial charge is 0.496 e. The number of amides is 2. The van der Waals surface area contributed by atoms with Crippen molar-refractivity contribution in [3.8, 4) is 5.75 Å². The molecule has 3 fully saturated rings. The second kappa shape index (κ2) is 5.48. The maximum absolute atomic E-state index is 12.9. The van der Waals surface area contributed by atoms with Crippen molar-refractivity contribution in [3.63, 3.8) is 0 Å². The maximum atomic E-state index is 12.9. The normalized spacial score (nSPS) is 32.6. The Kier molecular flexibility index (Phi) is 3.94. The molecule has 2 N–H and O–H groups in total. The molecular formula is C18H23BrN2O3. The molecule has 3 saturated carbocycles. The Balaban J connectivity index is 1.72. The lowest BCUT2D eigenvalue weighted by molar-refractivity contribution is -0.162. The number of fused-ring (bicyclic) bond motifs is 1. The molecule has 3 aliphatic carbocycles. The number of hydrazine groups is 1. The molecule has 6 heteroatoms. The number of carbonyl (C=O) groups is 2. The predicted molar refractivity (Wildman–Crippen MR) is 94.9 cm³/mol. The van der Waals surface area contributed by atoms with Gasteiger partial charge >= 0.3 is 0 Å². The van der Waals surface area contributed by atoms with Crippen molar-refractivity contribution >= 4 is 27.7 Å². The van der Waals surface area contributed by atoms with Gasteiger partial charge < -0.3 is 4.74 Å². The third kappa shape index (κ3) is 1.92. The molecule has 3 unspecified atom stereocenters. The fourth-order valence-electron chi connectivity index (χ4n) is 4.58. The average molecular weight is 395 g/mol. The van der Waals surface area contributed by atoms with Gasteiger partial charge in [0.05, 0.1) is 18.1 Å². The lowest BCUT2D eigenvalue weighted by atomic mass is 9.43. The summed E-state index contributed by atoms with van der Waals surface area (Å²) in [5, 5.41) is 0. The number of hydrogen-bond acceptors (Lipinski definition) is 3. The van der Waals surface area contributed by atoms with Crippen molar-refractivity contribution in [1.29, 1.82) is 0 Å². The number of alkyl halides is 1. The van der Waals surface area contributed by atoms with E-state index < -0.39 is 5.41 Å². The predicted octanol–water partition coefficient (Wildman–Crippen LogP) is 3.05. The fourth-order valence-corrected chi connectivity index (χ4v) is 6.39. The maximum Gasteiger partial charge on any atom is 0.273 e. The molecule has 24 heavy (non-hydrogen) atoms. The van der Waals surface area contributed by atoms with E-state index in [2.05, 4.69) is 47.6 Å². The number of methoxy groups -OCH3 is 1. The van der Waals surface area contributed by atoms with Crippen LogP contribution in [0.15, 0.2) is 24.3 Å². The zero-order valence-electron chi connectivity index (χ0n) is 14.4. The highest BCUT2D eigenvalue weighted by atomic mass is 79.9. The highest BCUT2D eigenvalue weighted by Gasteiger charge is 2.80. The van der Waals surface area contributed by atoms with Crippen LogP contribution >= 0.6 is 15.9 Å². The number of rotatable bonds is 3. The van der Waals surface area contributed by atoms with Gasteiger partial charge in [-0.15, -0.1) is 0 Å². The van der Waals surface area contributed by atoms with E-state index in [1.807, 2.05) is 0 Å². The van der Waals surface area contributed by atoms with E-state index in [-0.39, 0.29) is 27.5 Å². The van der Waals surface area contributed by atoms with Crippen molar-refractivity contribution in [1.82, 2.24) is 10.9 Å². The number of nitrogens with one attached hydrogen (secondary N) is 2. The van der Waals surface area contributed by atoms with Gasteiger partial charge in [0.15, 0.2) is 0 Å². The summed E-state index contributed by atoms with van der Waals surface area (Å²) in [7, 11) is 1.51. The number of carbonyl (C=O) groups excluding carboxylic acids is 2. The van der Waals surface area contributed by atoms with E-state index in [9.17, 15) is 9.59 Å². The molecule has 5 nitrogen and oxygen atoms in total. The van der Waals surface area contributed by atoms with Gasteiger partial charge in [0, 0.05) is 4.83 Å². The molecule has 1 aromatic rings. The van der Waals surface area contributed by atoms with Crippen LogP contribution in [0.3, 0.4) is 0 Å². The van der Waals surface area contributed by atoms with Gasteiger partial charge in [0.25, 0.3) is 5.91 Å². The van der Waals surface area contributed by atoms with E-state index in [1.165, 1.54) is 7.11 Å². The molecule has 0 heterocycles. The van der Waals surface area contributed by atoms with Crippen LogP contribution in [0.2, 0.25) is 0 Å². The molecule has 0 aromatic heterocycles. The van der Waals surface area contributed by atoms with Crippen LogP contribution < -0.4 is 15.6 Å². The van der Waals surface area contributed by atoms with Crippen LogP contribution in [0.1, 0.15) is 44.0 Å². The zero-order chi connectivity index (χ0) is 17.8. The number of ether oxygens (including phenoxy) is 1. The van der Waals surface area contributed by atoms with Crippen LogP contribution in [0, 0.1) is 16.2 Å². The molecule has 2 amide bonds. The number of benzene rings is 1. The van der Waals surface area contributed by atoms with E-state index in [1.54, 1.807) is 24.3 Å². The summed E-state index contributed by atoms with van der Waals surface area (Å²) in [4.78, 5) is 25.3. The van der Waals surface area contributed by atoms with Crippen molar-refractivity contribution in [2.45, 2.75) is 38.4 Å². The van der Waals surface area contributed by atoms with Crippen LogP contribution in [-0.2, 0) is 4.79 Å². The molecule has 0 saturated heterocycles. The molecule has 130 valence electrons. The monoisotopic (exact) mass is 394 g/mol. The van der Waals surface area contributed by atoms with Gasteiger partial charge in [-0.1, -0.05) is 48.8 Å². The molecule has 3 atom stereocenters. The minimum Gasteiger partial charge on any atom is -0.496 e. The van der Waals surface area contributed by atoms with Crippen LogP contribution in [0.5, 0.6) is 5.75 Å². The van der Waals surface area contributed by atoms with Crippen molar-refractivity contribution < 1.29 is 14.3 Å². The summed E-state index contributed by atoms with van der Waals surface area (Å²) in [6.45, 7) is 6.50. The smallest absolute Gasteiger partial charge is 0.273 e. The fraction of sp³-hybridized carbons (Fsp3) is 0.556. The summed E-state index contributed by atoms with van der Waals surface area (Å²) >= 11 is 3.72. The Bertz CT molecular complexity index is 705. The molecule has 2 bridgehead atoms. The Morgan fingerprint density at radius 3 is 2.38 bits per heavy atom. The first kappa shape index (κ1) is 17.3. The first-order valence-corrected chi connectivity index (χ1v) is 9.02. The van der Waals surface area contributed by atoms with Crippen molar-refractivity contribution in [2.24, 2.45) is 16.2 Å². The Hall–Kier alpha value is -1.56. The zero-order valence-corrected chi connectivity index (χ0v) is 16.0. The number of halogens is 1. The first-order chi connectivity index (χ1) is 11.2. The summed E-state index contributed by atoms with van der Waals surface area (Å²) < 4.78 is 5.18. The minimum absolute atomic E-state index is 0.108. The molecule has 3 aliphatic rings. The summed E-state index contributed by atoms with van der Waals surface area (Å²) in [6.07, 6.45) is 1.83. The molecule has 0 spiro atoms. The highest BCUT2D eigenvalue weighted by molar-refractivity contribution is 9.09. The molecule has 0 aliphatic heterocycles. The Morgan fingerprint density at radius 2 is 1.83 bits per heavy atom. The lowest BCUT2D eigenvalue weighted by Gasteiger charge is -2.64. The van der Waals surface area contributed by atoms with E-state index in [0.29, 0.717) is 11.3 Å². The van der Waals surface area contributed by atoms with E-state index >= 15 is 0 Å². The summed E-state index contributed by atoms with van der Waals surface area (Å²) in [6, 6.07) is 6.91. The summed E-state index contributed by atoms with van der Waals surface area (Å²) in [5.41, 5.74) is 5.05. The third-order valence-corrected chi connectivity index (χ3v) is 8.41. The van der Waals surface area contributed by atoms with Gasteiger partial charge in [-0.3, -0.25) is 20.4 Å². The number of para-hydroxylation sites is 1. The van der Waals surface area contributed by atoms with Crippen molar-refractivity contribution in [2.75, 3.05) is 7.11 Å². The van der Waals surface area contributed by atoms with Gasteiger partial charge in [0.2, 0.25) is 5.91 Å². The minimum atomic E-state index is -0.490. The molecule has 0 radical (unpaired) electrons. The Morgan fingerprint density at radius 1 is 1.17 bits per heavy atom. The average Bonchev–Trinajstić information content (AvgIpc) is 2.99. The van der Waals surface area contributed by atoms with Gasteiger partial charge in [-0.05, 0) is 35.8 Å². The molecule has 4 rings (SSSR count). The first-order valence-electron chi connectivity index (χ1n) is 8.10. The number of hydrogen-bond donors (Lipinski definition) is 2. The second-order valence-electron chi connectivity index (χ2n) is 7.48. The van der Waals surface area contributed by atoms with E-state index in [4.69, 9.17) is 4.74 Å². The SMILES string of the molecule is COc1ccccc1C(=O)NNC(=O)C12CCC(C)(C1Br)C2(C)C. The third-order valence-electron chi connectivity index (χ3n) is 6.62. The topological polar surface area (TPSA) is 67.4 Å². The van der Waals surface area contributed by atoms with Gasteiger partial charge in [0.1, 0.15) is 5.75 Å². The highest BCUT2D eigenvalue weighted by Crippen LogP contribution is 2.79. The quantitative estimate of drug-likeness (QED) is 0.611. The lowest BCUT2D eigenvalue weighted by Crippen LogP contribution is -2.70. The Labute approximate surface area is 150 Å². The van der Waals surface area contributed by atoms with Gasteiger partial charge in [-0.25, -0.2) is 0 Å². The van der Waals surface area contributed by atoms with Crippen LogP contribution in [0.4, 0.5) is 0 Å². The van der Waals surface area contributed by atoms with Crippen LogP contribution in [0.25, 0.3) is 0 Å². The summed E-state index contributed by atoms with van der Waals surface area (Å²) in [5.74, 6) is -0.0491. The van der Waals surface area contributed by atoms with E-state index in [0.717, 1.165) is 12.8 Å². The van der Waals surface area contributed by atoms with Crippen LogP contribution in [-0.4, -0.2) is 23.8 Å². The second-order valence-corrected chi connectivity index (χ2v) is 8.40. The van der Waals surface area contributed by atoms with Gasteiger partial charge in [-0.2, -0.15) is 0 Å². The molecular weight excluding hydrogens is 372 g/mol. The molecule has 1 aromatic carbocycles. The van der Waals surface area contributed by atoms with Crippen molar-refractivity contribution in [3.05, 3.63) is 29.8 Å².